The molecular formula is C20H20N4OS2. The highest BCUT2D eigenvalue weighted by Crippen LogP contribution is 2.31. The Morgan fingerprint density at radius 2 is 1.81 bits per heavy atom. The molecule has 1 N–H and O–H groups in total. The van der Waals surface area contributed by atoms with Crippen LogP contribution in [0.1, 0.15) is 32.3 Å². The fraction of sp³-hybridized carbons (Fsp3) is 0.250. The number of para-hydroxylation sites is 2. The molecule has 0 aliphatic heterocycles. The van der Waals surface area contributed by atoms with Crippen molar-refractivity contribution in [3.05, 3.63) is 54.1 Å². The zero-order valence-corrected chi connectivity index (χ0v) is 17.0. The van der Waals surface area contributed by atoms with E-state index < -0.39 is 0 Å². The zero-order valence-electron chi connectivity index (χ0n) is 15.3. The van der Waals surface area contributed by atoms with Gasteiger partial charge in [0.05, 0.1) is 15.5 Å². The first kappa shape index (κ1) is 18.0. The molecule has 0 saturated carbocycles. The highest BCUT2D eigenvalue weighted by molar-refractivity contribution is 8.00. The van der Waals surface area contributed by atoms with Crippen molar-refractivity contribution >= 4 is 49.9 Å². The van der Waals surface area contributed by atoms with E-state index in [9.17, 15) is 4.79 Å². The van der Waals surface area contributed by atoms with Gasteiger partial charge in [0, 0.05) is 5.69 Å². The van der Waals surface area contributed by atoms with Crippen molar-refractivity contribution in [2.24, 2.45) is 0 Å². The summed E-state index contributed by atoms with van der Waals surface area (Å²) >= 11 is 3.03. The molecule has 7 heteroatoms. The van der Waals surface area contributed by atoms with E-state index in [1.165, 1.54) is 11.8 Å². The topological polar surface area (TPSA) is 59.3 Å². The SMILES string of the molecule is CC(Sc1nnc2sc3ccccc3n12)C(=O)Nc1ccccc1C(C)C. The number of nitrogens with zero attached hydrogens (tertiary/aromatic N) is 3. The molecule has 2 heterocycles. The number of hydrogen-bond donors (Lipinski definition) is 1. The van der Waals surface area contributed by atoms with E-state index in [2.05, 4.69) is 47.6 Å². The number of carbonyl (C=O) groups is 1. The molecule has 0 spiro atoms. The molecule has 4 rings (SSSR count). The molecule has 4 aromatic rings. The van der Waals surface area contributed by atoms with E-state index >= 15 is 0 Å². The summed E-state index contributed by atoms with van der Waals surface area (Å²) in [6, 6.07) is 16.1. The smallest absolute Gasteiger partial charge is 0.237 e. The summed E-state index contributed by atoms with van der Waals surface area (Å²) in [5, 5.41) is 12.1. The Bertz CT molecular complexity index is 1120. The summed E-state index contributed by atoms with van der Waals surface area (Å²) in [7, 11) is 0. The number of carbonyl (C=O) groups excluding carboxylic acids is 1. The second-order valence-electron chi connectivity index (χ2n) is 6.66. The minimum atomic E-state index is -0.295. The summed E-state index contributed by atoms with van der Waals surface area (Å²) in [6.07, 6.45) is 0. The van der Waals surface area contributed by atoms with Crippen LogP contribution in [-0.2, 0) is 4.79 Å². The second-order valence-corrected chi connectivity index (χ2v) is 8.98. The third kappa shape index (κ3) is 3.44. The Balaban J connectivity index is 1.57. The fourth-order valence-corrected chi connectivity index (χ4v) is 4.88. The van der Waals surface area contributed by atoms with Crippen LogP contribution in [0.2, 0.25) is 0 Å². The Kier molecular flexibility index (Phi) is 4.88. The van der Waals surface area contributed by atoms with Gasteiger partial charge in [-0.3, -0.25) is 9.20 Å². The Morgan fingerprint density at radius 1 is 1.07 bits per heavy atom. The molecule has 0 fully saturated rings. The van der Waals surface area contributed by atoms with Gasteiger partial charge < -0.3 is 5.32 Å². The molecule has 0 aliphatic rings. The highest BCUT2D eigenvalue weighted by Gasteiger charge is 2.21. The lowest BCUT2D eigenvalue weighted by Crippen LogP contribution is -2.23. The van der Waals surface area contributed by atoms with E-state index in [0.29, 0.717) is 5.92 Å². The number of rotatable bonds is 5. The number of thiazole rings is 1. The Labute approximate surface area is 165 Å². The standard InChI is InChI=1S/C20H20N4OS2/c1-12(2)14-8-4-5-9-15(14)21-18(25)13(3)26-19-22-23-20-24(19)16-10-6-7-11-17(16)27-20/h4-13H,1-3H3,(H,21,25). The molecule has 27 heavy (non-hydrogen) atoms. The molecule has 0 saturated heterocycles. The van der Waals surface area contributed by atoms with Gasteiger partial charge in [0.25, 0.3) is 0 Å². The summed E-state index contributed by atoms with van der Waals surface area (Å²) in [5.41, 5.74) is 3.08. The van der Waals surface area contributed by atoms with Gasteiger partial charge in [-0.05, 0) is 36.6 Å². The average Bonchev–Trinajstić information content (AvgIpc) is 3.21. The van der Waals surface area contributed by atoms with Gasteiger partial charge >= 0.3 is 0 Å². The summed E-state index contributed by atoms with van der Waals surface area (Å²) in [5.74, 6) is 0.308. The number of aromatic nitrogens is 3. The molecule has 1 atom stereocenters. The van der Waals surface area contributed by atoms with Gasteiger partial charge in [0.1, 0.15) is 0 Å². The Hall–Kier alpha value is -2.38. The number of nitrogens with one attached hydrogen (secondary N) is 1. The molecule has 2 aromatic heterocycles. The van der Waals surface area contributed by atoms with Crippen LogP contribution < -0.4 is 5.32 Å². The van der Waals surface area contributed by atoms with Gasteiger partial charge in [-0.2, -0.15) is 0 Å². The Morgan fingerprint density at radius 3 is 2.63 bits per heavy atom. The molecule has 5 nitrogen and oxygen atoms in total. The first-order valence-electron chi connectivity index (χ1n) is 8.83. The van der Waals surface area contributed by atoms with E-state index in [1.54, 1.807) is 11.3 Å². The molecule has 138 valence electrons. The van der Waals surface area contributed by atoms with E-state index in [0.717, 1.165) is 31.6 Å². The van der Waals surface area contributed by atoms with Crippen molar-refractivity contribution in [1.29, 1.82) is 0 Å². The lowest BCUT2D eigenvalue weighted by Gasteiger charge is -2.16. The van der Waals surface area contributed by atoms with Crippen LogP contribution in [0.15, 0.2) is 53.7 Å². The third-order valence-electron chi connectivity index (χ3n) is 4.40. The maximum atomic E-state index is 12.8. The molecule has 0 aliphatic carbocycles. The number of thioether (sulfide) groups is 1. The fourth-order valence-electron chi connectivity index (χ4n) is 2.99. The normalized spacial score (nSPS) is 12.7. The van der Waals surface area contributed by atoms with Gasteiger partial charge in [0.2, 0.25) is 10.9 Å². The second kappa shape index (κ2) is 7.32. The number of anilines is 1. The third-order valence-corrected chi connectivity index (χ3v) is 6.46. The molecule has 1 unspecified atom stereocenters. The molecular weight excluding hydrogens is 376 g/mol. The van der Waals surface area contributed by atoms with Crippen molar-refractivity contribution in [3.63, 3.8) is 0 Å². The van der Waals surface area contributed by atoms with Gasteiger partial charge in [-0.15, -0.1) is 10.2 Å². The predicted octanol–water partition coefficient (Wildman–Crippen LogP) is 5.19. The van der Waals surface area contributed by atoms with Gasteiger partial charge in [0.15, 0.2) is 5.16 Å². The summed E-state index contributed by atoms with van der Waals surface area (Å²) in [6.45, 7) is 6.14. The largest absolute Gasteiger partial charge is 0.325 e. The number of hydrogen-bond acceptors (Lipinski definition) is 5. The summed E-state index contributed by atoms with van der Waals surface area (Å²) in [4.78, 5) is 13.6. The lowest BCUT2D eigenvalue weighted by molar-refractivity contribution is -0.115. The van der Waals surface area contributed by atoms with Crippen LogP contribution in [0, 0.1) is 0 Å². The van der Waals surface area contributed by atoms with Gasteiger partial charge in [-0.1, -0.05) is 67.3 Å². The highest BCUT2D eigenvalue weighted by atomic mass is 32.2. The number of fused-ring (bicyclic) bond motifs is 3. The van der Waals surface area contributed by atoms with Crippen molar-refractivity contribution < 1.29 is 4.79 Å². The van der Waals surface area contributed by atoms with Crippen LogP contribution in [0.4, 0.5) is 5.69 Å². The lowest BCUT2D eigenvalue weighted by atomic mass is 10.0. The van der Waals surface area contributed by atoms with Crippen molar-refractivity contribution in [3.8, 4) is 0 Å². The van der Waals surface area contributed by atoms with Crippen LogP contribution >= 0.6 is 23.1 Å². The first-order valence-corrected chi connectivity index (χ1v) is 10.5. The average molecular weight is 397 g/mol. The minimum Gasteiger partial charge on any atom is -0.325 e. The first-order chi connectivity index (χ1) is 13.0. The number of amides is 1. The van der Waals surface area contributed by atoms with Crippen molar-refractivity contribution in [1.82, 2.24) is 14.6 Å². The summed E-state index contributed by atoms with van der Waals surface area (Å²) < 4.78 is 3.18. The van der Waals surface area contributed by atoms with E-state index in [1.807, 2.05) is 41.7 Å². The maximum Gasteiger partial charge on any atom is 0.237 e. The van der Waals surface area contributed by atoms with E-state index in [-0.39, 0.29) is 11.2 Å². The quantitative estimate of drug-likeness (QED) is 0.472. The van der Waals surface area contributed by atoms with Crippen LogP contribution in [-0.4, -0.2) is 25.8 Å². The van der Waals surface area contributed by atoms with E-state index in [4.69, 9.17) is 0 Å². The maximum absolute atomic E-state index is 12.8. The molecule has 1 amide bonds. The minimum absolute atomic E-state index is 0.0376. The van der Waals surface area contributed by atoms with Crippen molar-refractivity contribution in [2.45, 2.75) is 37.1 Å². The predicted molar refractivity (Wildman–Crippen MR) is 113 cm³/mol. The molecule has 2 aromatic carbocycles. The van der Waals surface area contributed by atoms with Crippen molar-refractivity contribution in [2.75, 3.05) is 5.32 Å². The van der Waals surface area contributed by atoms with Crippen LogP contribution in [0.25, 0.3) is 15.2 Å². The van der Waals surface area contributed by atoms with Crippen LogP contribution in [0.5, 0.6) is 0 Å². The molecule has 0 bridgehead atoms. The molecule has 0 radical (unpaired) electrons. The zero-order chi connectivity index (χ0) is 19.0. The van der Waals surface area contributed by atoms with Gasteiger partial charge in [-0.25, -0.2) is 0 Å². The number of benzene rings is 2. The van der Waals surface area contributed by atoms with Crippen LogP contribution in [0.3, 0.4) is 0 Å². The monoisotopic (exact) mass is 396 g/mol.